The maximum absolute atomic E-state index is 10.5. The molecule has 0 radical (unpaired) electrons. The van der Waals surface area contributed by atoms with Gasteiger partial charge in [-0.05, 0) is 31.2 Å². The Bertz CT molecular complexity index is 393. The highest BCUT2D eigenvalue weighted by molar-refractivity contribution is 5.69. The summed E-state index contributed by atoms with van der Waals surface area (Å²) in [5, 5.41) is 8.62. The van der Waals surface area contributed by atoms with Crippen molar-refractivity contribution in [1.29, 1.82) is 0 Å². The Hall–Kier alpha value is -1.75. The average molecular weight is 238 g/mol. The van der Waals surface area contributed by atoms with Crippen LogP contribution in [0.2, 0.25) is 0 Å². The van der Waals surface area contributed by atoms with Gasteiger partial charge in [-0.25, -0.2) is 0 Å². The molecular formula is C12H18N2O3. The summed E-state index contributed by atoms with van der Waals surface area (Å²) in [6, 6.07) is 5.61. The maximum Gasteiger partial charge on any atom is 0.317 e. The number of nitrogens with two attached hydrogens (primary N) is 1. The molecule has 3 N–H and O–H groups in total. The second kappa shape index (κ2) is 6.10. The van der Waals surface area contributed by atoms with E-state index in [1.807, 2.05) is 18.2 Å². The third-order valence-electron chi connectivity index (χ3n) is 2.48. The summed E-state index contributed by atoms with van der Waals surface area (Å²) in [5.41, 5.74) is 7.46. The van der Waals surface area contributed by atoms with Crippen molar-refractivity contribution < 1.29 is 14.6 Å². The summed E-state index contributed by atoms with van der Waals surface area (Å²) in [4.78, 5) is 12.2. The highest BCUT2D eigenvalue weighted by atomic mass is 16.5. The van der Waals surface area contributed by atoms with E-state index in [9.17, 15) is 4.79 Å². The van der Waals surface area contributed by atoms with Crippen LogP contribution in [0.25, 0.3) is 0 Å². The predicted molar refractivity (Wildman–Crippen MR) is 66.2 cm³/mol. The zero-order valence-corrected chi connectivity index (χ0v) is 10.1. The molecule has 0 aromatic heterocycles. The lowest BCUT2D eigenvalue weighted by atomic mass is 10.1. The van der Waals surface area contributed by atoms with E-state index in [2.05, 4.69) is 0 Å². The minimum Gasteiger partial charge on any atom is -0.495 e. The Labute approximate surface area is 101 Å². The van der Waals surface area contributed by atoms with Crippen molar-refractivity contribution in [2.24, 2.45) is 0 Å². The van der Waals surface area contributed by atoms with E-state index < -0.39 is 5.97 Å². The van der Waals surface area contributed by atoms with E-state index in [4.69, 9.17) is 15.6 Å². The normalized spacial score (nSPS) is 10.5. The molecule has 0 aliphatic rings. The number of nitrogens with zero attached hydrogens (tertiary/aromatic N) is 1. The number of carboxylic acids is 1. The first kappa shape index (κ1) is 13.3. The van der Waals surface area contributed by atoms with E-state index in [0.29, 0.717) is 18.0 Å². The summed E-state index contributed by atoms with van der Waals surface area (Å²) in [6.07, 6.45) is 0.762. The Kier molecular flexibility index (Phi) is 4.78. The first-order valence-corrected chi connectivity index (χ1v) is 5.35. The van der Waals surface area contributed by atoms with Gasteiger partial charge in [0, 0.05) is 6.54 Å². The molecular weight excluding hydrogens is 220 g/mol. The van der Waals surface area contributed by atoms with Gasteiger partial charge >= 0.3 is 5.97 Å². The molecule has 0 spiro atoms. The number of hydrogen-bond donors (Lipinski definition) is 2. The zero-order valence-electron chi connectivity index (χ0n) is 10.1. The molecule has 0 fully saturated rings. The fraction of sp³-hybridized carbons (Fsp3) is 0.417. The van der Waals surface area contributed by atoms with Gasteiger partial charge < -0.3 is 15.6 Å². The number of carboxylic acid groups (broad SMARTS) is 1. The first-order valence-electron chi connectivity index (χ1n) is 5.35. The Morgan fingerprint density at radius 3 is 2.76 bits per heavy atom. The van der Waals surface area contributed by atoms with Gasteiger partial charge in [-0.1, -0.05) is 6.07 Å². The molecule has 17 heavy (non-hydrogen) atoms. The predicted octanol–water partition coefficient (Wildman–Crippen LogP) is 0.836. The van der Waals surface area contributed by atoms with Crippen molar-refractivity contribution in [1.82, 2.24) is 4.90 Å². The minimum atomic E-state index is -0.818. The summed E-state index contributed by atoms with van der Waals surface area (Å²) in [7, 11) is 3.35. The van der Waals surface area contributed by atoms with Gasteiger partial charge in [0.2, 0.25) is 0 Å². The summed E-state index contributed by atoms with van der Waals surface area (Å²) < 4.78 is 5.07. The number of ether oxygens (including phenoxy) is 1. The maximum atomic E-state index is 10.5. The number of methoxy groups -OCH3 is 1. The fourth-order valence-electron chi connectivity index (χ4n) is 1.57. The van der Waals surface area contributed by atoms with E-state index >= 15 is 0 Å². The van der Waals surface area contributed by atoms with Crippen LogP contribution in [0.3, 0.4) is 0 Å². The Morgan fingerprint density at radius 1 is 1.53 bits per heavy atom. The second-order valence-corrected chi connectivity index (χ2v) is 3.96. The molecule has 1 rings (SSSR count). The standard InChI is InChI=1S/C12H18N2O3/c1-14(8-12(15)16)6-5-9-3-4-11(17-2)10(13)7-9/h3-4,7H,5-6,8,13H2,1-2H3,(H,15,16). The van der Waals surface area contributed by atoms with Gasteiger partial charge in [0.15, 0.2) is 0 Å². The molecule has 5 nitrogen and oxygen atoms in total. The lowest BCUT2D eigenvalue weighted by Gasteiger charge is -2.14. The molecule has 5 heteroatoms. The van der Waals surface area contributed by atoms with Gasteiger partial charge in [-0.2, -0.15) is 0 Å². The third-order valence-corrected chi connectivity index (χ3v) is 2.48. The summed E-state index contributed by atoms with van der Waals surface area (Å²) in [6.45, 7) is 0.726. The summed E-state index contributed by atoms with van der Waals surface area (Å²) in [5.74, 6) is -0.158. The van der Waals surface area contributed by atoms with Crippen molar-refractivity contribution in [3.8, 4) is 5.75 Å². The third kappa shape index (κ3) is 4.32. The topological polar surface area (TPSA) is 75.8 Å². The molecule has 0 atom stereocenters. The number of benzene rings is 1. The van der Waals surface area contributed by atoms with Crippen LogP contribution in [0.5, 0.6) is 5.75 Å². The molecule has 0 saturated carbocycles. The smallest absolute Gasteiger partial charge is 0.317 e. The van der Waals surface area contributed by atoms with Gasteiger partial charge in [0.05, 0.1) is 19.3 Å². The van der Waals surface area contributed by atoms with Crippen LogP contribution >= 0.6 is 0 Å². The van der Waals surface area contributed by atoms with Gasteiger partial charge in [-0.3, -0.25) is 9.69 Å². The van der Waals surface area contributed by atoms with Crippen LogP contribution in [0.4, 0.5) is 5.69 Å². The molecule has 94 valence electrons. The number of anilines is 1. The highest BCUT2D eigenvalue weighted by Gasteiger charge is 2.05. The molecule has 0 aliphatic carbocycles. The van der Waals surface area contributed by atoms with E-state index in [1.54, 1.807) is 19.1 Å². The molecule has 0 saturated heterocycles. The average Bonchev–Trinajstić information content (AvgIpc) is 2.25. The lowest BCUT2D eigenvalue weighted by Crippen LogP contribution is -2.27. The zero-order chi connectivity index (χ0) is 12.8. The number of hydrogen-bond acceptors (Lipinski definition) is 4. The monoisotopic (exact) mass is 238 g/mol. The molecule has 0 unspecified atom stereocenters. The van der Waals surface area contributed by atoms with Gasteiger partial charge in [0.25, 0.3) is 0 Å². The van der Waals surface area contributed by atoms with Crippen molar-refractivity contribution in [2.45, 2.75) is 6.42 Å². The van der Waals surface area contributed by atoms with Crippen LogP contribution in [0.15, 0.2) is 18.2 Å². The van der Waals surface area contributed by atoms with Crippen LogP contribution in [0.1, 0.15) is 5.56 Å². The molecule has 0 bridgehead atoms. The van der Waals surface area contributed by atoms with Crippen molar-refractivity contribution in [2.75, 3.05) is 33.0 Å². The van der Waals surface area contributed by atoms with Crippen LogP contribution in [-0.2, 0) is 11.2 Å². The fourth-order valence-corrected chi connectivity index (χ4v) is 1.57. The number of aliphatic carboxylic acids is 1. The first-order chi connectivity index (χ1) is 8.02. The molecule has 1 aromatic rings. The van der Waals surface area contributed by atoms with E-state index in [1.165, 1.54) is 0 Å². The number of nitrogen functional groups attached to an aromatic ring is 1. The van der Waals surface area contributed by atoms with Crippen LogP contribution in [0, 0.1) is 0 Å². The van der Waals surface area contributed by atoms with Crippen molar-refractivity contribution >= 4 is 11.7 Å². The molecule has 0 heterocycles. The summed E-state index contributed by atoms with van der Waals surface area (Å²) >= 11 is 0. The van der Waals surface area contributed by atoms with E-state index in [0.717, 1.165) is 12.0 Å². The Morgan fingerprint density at radius 2 is 2.24 bits per heavy atom. The van der Waals surface area contributed by atoms with Crippen molar-refractivity contribution in [3.05, 3.63) is 23.8 Å². The SMILES string of the molecule is COc1ccc(CCN(C)CC(=O)O)cc1N. The van der Waals surface area contributed by atoms with Crippen LogP contribution in [-0.4, -0.2) is 43.2 Å². The highest BCUT2D eigenvalue weighted by Crippen LogP contribution is 2.22. The Balaban J connectivity index is 2.52. The number of likely N-dealkylation sites (N-methyl/N-ethyl adjacent to an activating group) is 1. The second-order valence-electron chi connectivity index (χ2n) is 3.96. The minimum absolute atomic E-state index is 0.0473. The van der Waals surface area contributed by atoms with Crippen molar-refractivity contribution in [3.63, 3.8) is 0 Å². The quantitative estimate of drug-likeness (QED) is 0.718. The molecule has 0 amide bonds. The largest absolute Gasteiger partial charge is 0.495 e. The van der Waals surface area contributed by atoms with E-state index in [-0.39, 0.29) is 6.54 Å². The molecule has 0 aliphatic heterocycles. The van der Waals surface area contributed by atoms with Gasteiger partial charge in [-0.15, -0.1) is 0 Å². The lowest BCUT2D eigenvalue weighted by molar-refractivity contribution is -0.137. The van der Waals surface area contributed by atoms with Crippen LogP contribution < -0.4 is 10.5 Å². The number of rotatable bonds is 6. The molecule has 1 aromatic carbocycles. The number of carbonyl (C=O) groups is 1. The van der Waals surface area contributed by atoms with Gasteiger partial charge in [0.1, 0.15) is 5.75 Å².